The maximum Gasteiger partial charge on any atom is 0.253 e. The minimum atomic E-state index is -0.0341. The van der Waals surface area contributed by atoms with Crippen LogP contribution in [0.1, 0.15) is 77.6 Å². The molecule has 3 heterocycles. The summed E-state index contributed by atoms with van der Waals surface area (Å²) in [5, 5.41) is 6.54. The Morgan fingerprint density at radius 1 is 0.944 bits per heavy atom. The first-order chi connectivity index (χ1) is 17.5. The van der Waals surface area contributed by atoms with Crippen molar-refractivity contribution in [2.24, 2.45) is 11.8 Å². The standard InChI is InChI=1S/C29H36N4O3/c1-17-24(4-3-5-26(17)36-2)29(35)31-21-14-22-9-10-23(15-21)33(22)27-11-8-20(16-30-27)28(34)32-25-13-18-6-7-19(25)12-18/h3-5,8,11,16,18-19,21-23,25H,6-7,9-10,12-15H2,1-2H3,(H,31,35)(H,32,34). The van der Waals surface area contributed by atoms with Crippen LogP contribution >= 0.6 is 0 Å². The summed E-state index contributed by atoms with van der Waals surface area (Å²) < 4.78 is 5.38. The predicted octanol–water partition coefficient (Wildman–Crippen LogP) is 4.25. The van der Waals surface area contributed by atoms with E-state index in [4.69, 9.17) is 9.72 Å². The molecule has 2 aromatic rings. The topological polar surface area (TPSA) is 83.6 Å². The number of benzene rings is 1. The number of carbonyl (C=O) groups is 2. The molecule has 190 valence electrons. The van der Waals surface area contributed by atoms with Crippen molar-refractivity contribution in [2.45, 2.75) is 82.5 Å². The highest BCUT2D eigenvalue weighted by Crippen LogP contribution is 2.44. The van der Waals surface area contributed by atoms with Crippen molar-refractivity contribution in [3.05, 3.63) is 53.2 Å². The van der Waals surface area contributed by atoms with E-state index < -0.39 is 0 Å². The number of hydrogen-bond donors (Lipinski definition) is 2. The van der Waals surface area contributed by atoms with Crippen molar-refractivity contribution in [1.29, 1.82) is 0 Å². The molecule has 7 nitrogen and oxygen atoms in total. The number of nitrogens with one attached hydrogen (secondary N) is 2. The van der Waals surface area contributed by atoms with Gasteiger partial charge in [-0.25, -0.2) is 4.98 Å². The monoisotopic (exact) mass is 488 g/mol. The van der Waals surface area contributed by atoms with Gasteiger partial charge in [-0.3, -0.25) is 9.59 Å². The van der Waals surface area contributed by atoms with Gasteiger partial charge in [-0.2, -0.15) is 0 Å². The zero-order valence-electron chi connectivity index (χ0n) is 21.2. The summed E-state index contributed by atoms with van der Waals surface area (Å²) in [6.45, 7) is 1.92. The Hall–Kier alpha value is -3.09. The predicted molar refractivity (Wildman–Crippen MR) is 138 cm³/mol. The summed E-state index contributed by atoms with van der Waals surface area (Å²) in [6.07, 6.45) is 10.7. The molecule has 5 unspecified atom stereocenters. The molecular weight excluding hydrogens is 452 g/mol. The minimum absolute atomic E-state index is 0.00354. The third kappa shape index (κ3) is 4.22. The van der Waals surface area contributed by atoms with Gasteiger partial charge < -0.3 is 20.3 Å². The van der Waals surface area contributed by atoms with Gasteiger partial charge in [0.15, 0.2) is 0 Å². The lowest BCUT2D eigenvalue weighted by atomic mass is 9.95. The number of aromatic nitrogens is 1. The average Bonchev–Trinajstić information content (AvgIpc) is 3.57. The van der Waals surface area contributed by atoms with E-state index in [9.17, 15) is 9.59 Å². The third-order valence-corrected chi connectivity index (χ3v) is 9.15. The highest BCUT2D eigenvalue weighted by Gasteiger charge is 2.42. The Morgan fingerprint density at radius 2 is 1.75 bits per heavy atom. The number of pyridine rings is 1. The third-order valence-electron chi connectivity index (χ3n) is 9.15. The van der Waals surface area contributed by atoms with Crippen molar-refractivity contribution in [3.63, 3.8) is 0 Å². The Balaban J connectivity index is 1.08. The summed E-state index contributed by atoms with van der Waals surface area (Å²) in [5.74, 6) is 3.11. The summed E-state index contributed by atoms with van der Waals surface area (Å²) in [7, 11) is 1.63. The molecule has 0 spiro atoms. The van der Waals surface area contributed by atoms with Crippen molar-refractivity contribution in [2.75, 3.05) is 12.0 Å². The second-order valence-electron chi connectivity index (χ2n) is 11.2. The first-order valence-corrected chi connectivity index (χ1v) is 13.5. The fourth-order valence-electron chi connectivity index (χ4n) is 7.36. The van der Waals surface area contributed by atoms with Gasteiger partial charge in [0.05, 0.1) is 12.7 Å². The molecule has 2 N–H and O–H groups in total. The van der Waals surface area contributed by atoms with Crippen molar-refractivity contribution in [3.8, 4) is 5.75 Å². The number of nitrogens with zero attached hydrogens (tertiary/aromatic N) is 2. The fourth-order valence-corrected chi connectivity index (χ4v) is 7.36. The molecule has 4 bridgehead atoms. The highest BCUT2D eigenvalue weighted by atomic mass is 16.5. The molecule has 4 aliphatic rings. The van der Waals surface area contributed by atoms with Gasteiger partial charge in [-0.15, -0.1) is 0 Å². The summed E-state index contributed by atoms with van der Waals surface area (Å²) in [4.78, 5) is 33.0. The summed E-state index contributed by atoms with van der Waals surface area (Å²) in [6, 6.07) is 10.7. The molecular formula is C29H36N4O3. The molecule has 36 heavy (non-hydrogen) atoms. The van der Waals surface area contributed by atoms with Crippen LogP contribution in [-0.4, -0.2) is 48.1 Å². The van der Waals surface area contributed by atoms with Crippen molar-refractivity contribution in [1.82, 2.24) is 15.6 Å². The van der Waals surface area contributed by atoms with Crippen LogP contribution in [-0.2, 0) is 0 Å². The van der Waals surface area contributed by atoms with Crippen molar-refractivity contribution < 1.29 is 14.3 Å². The first-order valence-electron chi connectivity index (χ1n) is 13.5. The van der Waals surface area contributed by atoms with Gasteiger partial charge in [-0.1, -0.05) is 12.5 Å². The van der Waals surface area contributed by atoms with Crippen LogP contribution in [0, 0.1) is 18.8 Å². The van der Waals surface area contributed by atoms with Gasteiger partial charge in [0, 0.05) is 41.5 Å². The van der Waals surface area contributed by atoms with Gasteiger partial charge >= 0.3 is 0 Å². The van der Waals surface area contributed by atoms with Gasteiger partial charge in [0.2, 0.25) is 0 Å². The molecule has 0 radical (unpaired) electrons. The number of amides is 2. The van der Waals surface area contributed by atoms with Crippen molar-refractivity contribution >= 4 is 17.6 Å². The highest BCUT2D eigenvalue weighted by molar-refractivity contribution is 5.96. The van der Waals surface area contributed by atoms with Crippen LogP contribution in [0.25, 0.3) is 0 Å². The normalized spacial score (nSPS) is 30.3. The lowest BCUT2D eigenvalue weighted by molar-refractivity contribution is 0.0916. The smallest absolute Gasteiger partial charge is 0.253 e. The number of ether oxygens (including phenoxy) is 1. The van der Waals surface area contributed by atoms with Crippen LogP contribution in [0.4, 0.5) is 5.82 Å². The number of hydrogen-bond acceptors (Lipinski definition) is 5. The van der Waals surface area contributed by atoms with E-state index in [-0.39, 0.29) is 17.9 Å². The maximum atomic E-state index is 13.0. The van der Waals surface area contributed by atoms with Crippen LogP contribution in [0.3, 0.4) is 0 Å². The second kappa shape index (κ2) is 9.41. The van der Waals surface area contributed by atoms with Crippen LogP contribution in [0.5, 0.6) is 5.75 Å². The number of fused-ring (bicyclic) bond motifs is 4. The molecule has 2 aliphatic heterocycles. The Labute approximate surface area is 213 Å². The molecule has 4 fully saturated rings. The van der Waals surface area contributed by atoms with E-state index in [1.54, 1.807) is 13.3 Å². The van der Waals surface area contributed by atoms with Gasteiger partial charge in [0.25, 0.3) is 11.8 Å². The number of piperidine rings is 1. The van der Waals surface area contributed by atoms with E-state index in [2.05, 4.69) is 15.5 Å². The van der Waals surface area contributed by atoms with Crippen LogP contribution in [0.2, 0.25) is 0 Å². The Kier molecular flexibility index (Phi) is 6.10. The Morgan fingerprint density at radius 3 is 2.39 bits per heavy atom. The number of anilines is 1. The first kappa shape index (κ1) is 23.3. The molecule has 7 heteroatoms. The molecule has 1 aromatic carbocycles. The molecule has 2 amide bonds. The number of methoxy groups -OCH3 is 1. The van der Waals surface area contributed by atoms with Gasteiger partial charge in [0.1, 0.15) is 11.6 Å². The molecule has 2 saturated carbocycles. The average molecular weight is 489 g/mol. The molecule has 2 aliphatic carbocycles. The largest absolute Gasteiger partial charge is 0.496 e. The van der Waals surface area contributed by atoms with Crippen LogP contribution in [0.15, 0.2) is 36.5 Å². The molecule has 5 atom stereocenters. The number of rotatable bonds is 6. The summed E-state index contributed by atoms with van der Waals surface area (Å²) >= 11 is 0. The summed E-state index contributed by atoms with van der Waals surface area (Å²) in [5.41, 5.74) is 2.18. The fraction of sp³-hybridized carbons (Fsp3) is 0.552. The van der Waals surface area contributed by atoms with Crippen LogP contribution < -0.4 is 20.3 Å². The minimum Gasteiger partial charge on any atom is -0.496 e. The van der Waals surface area contributed by atoms with E-state index >= 15 is 0 Å². The van der Waals surface area contributed by atoms with E-state index in [0.29, 0.717) is 35.2 Å². The Bertz CT molecular complexity index is 1140. The lowest BCUT2D eigenvalue weighted by Gasteiger charge is -2.40. The van der Waals surface area contributed by atoms with E-state index in [1.807, 2.05) is 37.3 Å². The number of carbonyl (C=O) groups excluding carboxylic acids is 2. The second-order valence-corrected chi connectivity index (χ2v) is 11.2. The van der Waals surface area contributed by atoms with E-state index in [1.165, 1.54) is 19.3 Å². The van der Waals surface area contributed by atoms with E-state index in [0.717, 1.165) is 55.2 Å². The zero-order valence-corrected chi connectivity index (χ0v) is 21.2. The quantitative estimate of drug-likeness (QED) is 0.635. The SMILES string of the molecule is COc1cccc(C(=O)NC2CC3CCC(C2)N3c2ccc(C(=O)NC3CC4CCC3C4)cn2)c1C. The molecule has 1 aromatic heterocycles. The molecule has 2 saturated heterocycles. The lowest BCUT2D eigenvalue weighted by Crippen LogP contribution is -2.50. The maximum absolute atomic E-state index is 13.0. The van der Waals surface area contributed by atoms with Gasteiger partial charge in [-0.05, 0) is 88.0 Å². The molecule has 6 rings (SSSR count). The zero-order chi connectivity index (χ0) is 24.8.